The Bertz CT molecular complexity index is 197. The molecular weight excluding hydrogens is 174 g/mol. The van der Waals surface area contributed by atoms with Gasteiger partial charge in [-0.25, -0.2) is 4.79 Å². The number of nitrogens with one attached hydrogen (secondary N) is 1. The zero-order valence-corrected chi connectivity index (χ0v) is 7.87. The van der Waals surface area contributed by atoms with Crippen molar-refractivity contribution in [3.8, 4) is 0 Å². The predicted octanol–water partition coefficient (Wildman–Crippen LogP) is -0.118. The van der Waals surface area contributed by atoms with Gasteiger partial charge in [-0.2, -0.15) is 0 Å². The first-order valence-electron chi connectivity index (χ1n) is 4.24. The third-order valence-electron chi connectivity index (χ3n) is 2.38. The van der Waals surface area contributed by atoms with Crippen molar-refractivity contribution in [1.82, 2.24) is 5.32 Å². The standard InChI is InChI=1S/C8H15NO4/c1-6-8(11,3-4-13-6)5-9-7(10)12-2/h6,11H,3-5H2,1-2H3,(H,9,10). The second kappa shape index (κ2) is 3.93. The quantitative estimate of drug-likeness (QED) is 0.635. The number of ether oxygens (including phenoxy) is 2. The zero-order valence-electron chi connectivity index (χ0n) is 7.87. The molecule has 2 atom stereocenters. The molecule has 0 bridgehead atoms. The van der Waals surface area contributed by atoms with E-state index in [1.165, 1.54) is 7.11 Å². The van der Waals surface area contributed by atoms with Crippen molar-refractivity contribution >= 4 is 6.09 Å². The summed E-state index contributed by atoms with van der Waals surface area (Å²) < 4.78 is 9.58. The van der Waals surface area contributed by atoms with Gasteiger partial charge in [0.2, 0.25) is 0 Å². The smallest absolute Gasteiger partial charge is 0.406 e. The van der Waals surface area contributed by atoms with Gasteiger partial charge in [0, 0.05) is 13.0 Å². The lowest BCUT2D eigenvalue weighted by atomic mass is 9.97. The van der Waals surface area contributed by atoms with Gasteiger partial charge in [0.05, 0.1) is 19.8 Å². The van der Waals surface area contributed by atoms with Crippen molar-refractivity contribution in [3.63, 3.8) is 0 Å². The molecule has 2 unspecified atom stereocenters. The van der Waals surface area contributed by atoms with Gasteiger partial charge >= 0.3 is 6.09 Å². The fraction of sp³-hybridized carbons (Fsp3) is 0.875. The molecule has 1 fully saturated rings. The van der Waals surface area contributed by atoms with Crippen molar-refractivity contribution in [3.05, 3.63) is 0 Å². The number of hydrogen-bond acceptors (Lipinski definition) is 4. The molecule has 1 rings (SSSR count). The highest BCUT2D eigenvalue weighted by Crippen LogP contribution is 2.24. The van der Waals surface area contributed by atoms with Crippen LogP contribution in [-0.2, 0) is 9.47 Å². The normalized spacial score (nSPS) is 33.0. The van der Waals surface area contributed by atoms with Gasteiger partial charge in [-0.05, 0) is 6.92 Å². The third kappa shape index (κ3) is 2.32. The number of methoxy groups -OCH3 is 1. The van der Waals surface area contributed by atoms with E-state index in [0.29, 0.717) is 13.0 Å². The molecule has 5 nitrogen and oxygen atoms in total. The average molecular weight is 189 g/mol. The first kappa shape index (κ1) is 10.3. The van der Waals surface area contributed by atoms with Crippen LogP contribution >= 0.6 is 0 Å². The van der Waals surface area contributed by atoms with E-state index in [2.05, 4.69) is 10.1 Å². The number of alkyl carbamates (subject to hydrolysis) is 1. The minimum atomic E-state index is -0.950. The Morgan fingerprint density at radius 1 is 1.85 bits per heavy atom. The molecule has 1 amide bonds. The Balaban J connectivity index is 2.38. The molecule has 5 heteroatoms. The van der Waals surface area contributed by atoms with Crippen LogP contribution in [0.5, 0.6) is 0 Å². The van der Waals surface area contributed by atoms with Crippen LogP contribution in [0.2, 0.25) is 0 Å². The fourth-order valence-electron chi connectivity index (χ4n) is 1.30. The second-order valence-corrected chi connectivity index (χ2v) is 3.21. The minimum absolute atomic E-state index is 0.167. The first-order chi connectivity index (χ1) is 6.08. The van der Waals surface area contributed by atoms with Crippen LogP contribution in [0.1, 0.15) is 13.3 Å². The van der Waals surface area contributed by atoms with Gasteiger partial charge in [-0.1, -0.05) is 0 Å². The van der Waals surface area contributed by atoms with Crippen molar-refractivity contribution in [2.45, 2.75) is 25.0 Å². The lowest BCUT2D eigenvalue weighted by Gasteiger charge is -2.25. The first-order valence-corrected chi connectivity index (χ1v) is 4.24. The van der Waals surface area contributed by atoms with Gasteiger partial charge in [0.1, 0.15) is 5.60 Å². The van der Waals surface area contributed by atoms with Crippen LogP contribution < -0.4 is 5.32 Å². The highest BCUT2D eigenvalue weighted by molar-refractivity contribution is 5.66. The summed E-state index contributed by atoms with van der Waals surface area (Å²) >= 11 is 0. The molecule has 1 aliphatic heterocycles. The van der Waals surface area contributed by atoms with Gasteiger partial charge in [-0.3, -0.25) is 0 Å². The second-order valence-electron chi connectivity index (χ2n) is 3.21. The van der Waals surface area contributed by atoms with Crippen molar-refractivity contribution in [2.24, 2.45) is 0 Å². The van der Waals surface area contributed by atoms with Gasteiger partial charge in [0.15, 0.2) is 0 Å². The third-order valence-corrected chi connectivity index (χ3v) is 2.38. The average Bonchev–Trinajstić information content (AvgIpc) is 2.44. The van der Waals surface area contributed by atoms with E-state index >= 15 is 0 Å². The number of amides is 1. The van der Waals surface area contributed by atoms with Crippen molar-refractivity contribution in [2.75, 3.05) is 20.3 Å². The highest BCUT2D eigenvalue weighted by Gasteiger charge is 2.39. The van der Waals surface area contributed by atoms with E-state index in [9.17, 15) is 9.90 Å². The summed E-state index contributed by atoms with van der Waals surface area (Å²) in [6, 6.07) is 0. The molecule has 1 saturated heterocycles. The molecule has 0 aromatic heterocycles. The number of rotatable bonds is 2. The van der Waals surface area contributed by atoms with E-state index in [0.717, 1.165) is 0 Å². The number of aliphatic hydroxyl groups is 1. The molecule has 1 heterocycles. The fourth-order valence-corrected chi connectivity index (χ4v) is 1.30. The van der Waals surface area contributed by atoms with Gasteiger partial charge < -0.3 is 19.9 Å². The Hall–Kier alpha value is -0.810. The molecule has 0 spiro atoms. The summed E-state index contributed by atoms with van der Waals surface area (Å²) in [5, 5.41) is 12.4. The number of carbonyl (C=O) groups is 1. The molecule has 1 aliphatic rings. The summed E-state index contributed by atoms with van der Waals surface area (Å²) in [6.07, 6.45) is -0.241. The van der Waals surface area contributed by atoms with Crippen molar-refractivity contribution in [1.29, 1.82) is 0 Å². The van der Waals surface area contributed by atoms with E-state index in [4.69, 9.17) is 4.74 Å². The van der Waals surface area contributed by atoms with E-state index < -0.39 is 11.7 Å². The molecule has 0 radical (unpaired) electrons. The summed E-state index contributed by atoms with van der Waals surface area (Å²) in [6.45, 7) is 2.48. The molecule has 13 heavy (non-hydrogen) atoms. The van der Waals surface area contributed by atoms with E-state index in [1.54, 1.807) is 6.92 Å². The maximum atomic E-state index is 10.7. The molecule has 0 aromatic carbocycles. The molecule has 76 valence electrons. The summed E-state index contributed by atoms with van der Waals surface area (Å²) in [5.74, 6) is 0. The van der Waals surface area contributed by atoms with Crippen LogP contribution in [0.3, 0.4) is 0 Å². The topological polar surface area (TPSA) is 67.8 Å². The number of carbonyl (C=O) groups excluding carboxylic acids is 1. The summed E-state index contributed by atoms with van der Waals surface area (Å²) in [5.41, 5.74) is -0.950. The van der Waals surface area contributed by atoms with Gasteiger partial charge in [0.25, 0.3) is 0 Å². The maximum absolute atomic E-state index is 10.7. The predicted molar refractivity (Wildman–Crippen MR) is 45.4 cm³/mol. The number of hydrogen-bond donors (Lipinski definition) is 2. The van der Waals surface area contributed by atoms with E-state index in [1.807, 2.05) is 0 Å². The maximum Gasteiger partial charge on any atom is 0.406 e. The van der Waals surface area contributed by atoms with Crippen LogP contribution in [0.15, 0.2) is 0 Å². The van der Waals surface area contributed by atoms with Crippen LogP contribution in [0.25, 0.3) is 0 Å². The summed E-state index contributed by atoms with van der Waals surface area (Å²) in [4.78, 5) is 10.7. The SMILES string of the molecule is COC(=O)NCC1(O)CCOC1C. The van der Waals surface area contributed by atoms with Crippen LogP contribution in [0.4, 0.5) is 4.79 Å². The van der Waals surface area contributed by atoms with E-state index in [-0.39, 0.29) is 12.6 Å². The Kier molecular flexibility index (Phi) is 3.11. The van der Waals surface area contributed by atoms with Gasteiger partial charge in [-0.15, -0.1) is 0 Å². The molecule has 0 aromatic rings. The lowest BCUT2D eigenvalue weighted by molar-refractivity contribution is -0.0255. The Morgan fingerprint density at radius 3 is 3.00 bits per heavy atom. The minimum Gasteiger partial charge on any atom is -0.453 e. The molecular formula is C8H15NO4. The monoisotopic (exact) mass is 189 g/mol. The summed E-state index contributed by atoms with van der Waals surface area (Å²) in [7, 11) is 1.29. The zero-order chi connectivity index (χ0) is 9.90. The Morgan fingerprint density at radius 2 is 2.54 bits per heavy atom. The largest absolute Gasteiger partial charge is 0.453 e. The highest BCUT2D eigenvalue weighted by atomic mass is 16.5. The Labute approximate surface area is 77.0 Å². The molecule has 0 aliphatic carbocycles. The molecule has 2 N–H and O–H groups in total. The van der Waals surface area contributed by atoms with Crippen molar-refractivity contribution < 1.29 is 19.4 Å². The van der Waals surface area contributed by atoms with Crippen LogP contribution in [-0.4, -0.2) is 43.2 Å². The van der Waals surface area contributed by atoms with Crippen LogP contribution in [0, 0.1) is 0 Å². The molecule has 0 saturated carbocycles. The lowest BCUT2D eigenvalue weighted by Crippen LogP contribution is -2.47.